The zero-order valence-electron chi connectivity index (χ0n) is 26.0. The Hall–Kier alpha value is -4.69. The van der Waals surface area contributed by atoms with Gasteiger partial charge in [-0.2, -0.15) is 10.1 Å². The van der Waals surface area contributed by atoms with E-state index in [4.69, 9.17) is 24.4 Å². The molecule has 1 aliphatic rings. The lowest BCUT2D eigenvalue weighted by Crippen LogP contribution is -2.50. The maximum absolute atomic E-state index is 14.0. The molecule has 14 heteroatoms. The third-order valence-electron chi connectivity index (χ3n) is 7.52. The van der Waals surface area contributed by atoms with Crippen molar-refractivity contribution in [3.8, 4) is 17.3 Å². The fraction of sp³-hybridized carbons (Fsp3) is 0.452. The van der Waals surface area contributed by atoms with E-state index in [1.807, 2.05) is 29.2 Å². The van der Waals surface area contributed by atoms with Gasteiger partial charge in [-0.25, -0.2) is 14.3 Å². The summed E-state index contributed by atoms with van der Waals surface area (Å²) in [7, 11) is 3.33. The molecule has 0 spiro atoms. The molecule has 0 radical (unpaired) electrons. The predicted molar refractivity (Wildman–Crippen MR) is 169 cm³/mol. The zero-order chi connectivity index (χ0) is 31.6. The highest BCUT2D eigenvalue weighted by Gasteiger charge is 2.30. The number of methoxy groups -OCH3 is 1. The molecular formula is C31H41N9O5. The van der Waals surface area contributed by atoms with Gasteiger partial charge in [-0.1, -0.05) is 13.3 Å². The zero-order valence-corrected chi connectivity index (χ0v) is 26.0. The number of benzene rings is 1. The number of furan rings is 1. The first-order chi connectivity index (χ1) is 22.0. The van der Waals surface area contributed by atoms with Crippen LogP contribution in [0.1, 0.15) is 25.8 Å². The van der Waals surface area contributed by atoms with Crippen LogP contribution in [-0.4, -0.2) is 100 Å². The van der Waals surface area contributed by atoms with Crippen LogP contribution < -0.4 is 15.4 Å². The van der Waals surface area contributed by atoms with Gasteiger partial charge in [0, 0.05) is 52.2 Å². The summed E-state index contributed by atoms with van der Waals surface area (Å²) < 4.78 is 24.8. The second kappa shape index (κ2) is 15.3. The van der Waals surface area contributed by atoms with Crippen molar-refractivity contribution in [3.05, 3.63) is 55.1 Å². The van der Waals surface area contributed by atoms with Crippen molar-refractivity contribution in [1.29, 1.82) is 0 Å². The number of amides is 1. The molecule has 14 nitrogen and oxygen atoms in total. The molecule has 1 fully saturated rings. The summed E-state index contributed by atoms with van der Waals surface area (Å²) in [6.07, 6.45) is 6.21. The monoisotopic (exact) mass is 619 g/mol. The first kappa shape index (κ1) is 31.7. The smallest absolute Gasteiger partial charge is 0.247 e. The van der Waals surface area contributed by atoms with Gasteiger partial charge in [0.25, 0.3) is 0 Å². The summed E-state index contributed by atoms with van der Waals surface area (Å²) in [5.74, 6) is 1.76. The average molecular weight is 620 g/mol. The van der Waals surface area contributed by atoms with Crippen LogP contribution in [0.25, 0.3) is 22.6 Å². The molecule has 0 aliphatic carbocycles. The lowest BCUT2D eigenvalue weighted by atomic mass is 10.1. The number of fused-ring (bicyclic) bond motifs is 1. The molecule has 3 aromatic heterocycles. The average Bonchev–Trinajstić information content (AvgIpc) is 3.74. The first-order valence-electron chi connectivity index (χ1n) is 15.1. The van der Waals surface area contributed by atoms with Crippen molar-refractivity contribution < 1.29 is 23.4 Å². The Morgan fingerprint density at radius 1 is 1.04 bits per heavy atom. The lowest BCUT2D eigenvalue weighted by Gasteiger charge is -2.37. The second-order valence-electron chi connectivity index (χ2n) is 10.6. The van der Waals surface area contributed by atoms with E-state index in [0.717, 1.165) is 17.9 Å². The minimum atomic E-state index is -0.540. The number of hydrogen-bond donors (Lipinski definition) is 1. The van der Waals surface area contributed by atoms with E-state index < -0.39 is 6.04 Å². The van der Waals surface area contributed by atoms with Gasteiger partial charge < -0.3 is 34.2 Å². The van der Waals surface area contributed by atoms with Crippen molar-refractivity contribution in [3.63, 3.8) is 0 Å². The van der Waals surface area contributed by atoms with Gasteiger partial charge in [0.05, 0.1) is 37.7 Å². The van der Waals surface area contributed by atoms with Crippen molar-refractivity contribution in [2.24, 2.45) is 7.05 Å². The molecule has 4 aromatic rings. The van der Waals surface area contributed by atoms with Crippen LogP contribution in [0.3, 0.4) is 0 Å². The molecule has 1 unspecified atom stereocenters. The summed E-state index contributed by atoms with van der Waals surface area (Å²) in [5, 5.41) is 9.67. The minimum Gasteiger partial charge on any atom is -0.491 e. The van der Waals surface area contributed by atoms with Crippen LogP contribution in [0.4, 0.5) is 11.6 Å². The van der Waals surface area contributed by atoms with Crippen LogP contribution in [0.5, 0.6) is 5.75 Å². The number of hydrogen-bond acceptors (Lipinski definition) is 11. The van der Waals surface area contributed by atoms with E-state index in [0.29, 0.717) is 81.6 Å². The summed E-state index contributed by atoms with van der Waals surface area (Å²) >= 11 is 0. The van der Waals surface area contributed by atoms with Crippen LogP contribution in [-0.2, 0) is 21.3 Å². The van der Waals surface area contributed by atoms with Gasteiger partial charge in [0.2, 0.25) is 17.7 Å². The van der Waals surface area contributed by atoms with Gasteiger partial charge in [0.1, 0.15) is 18.4 Å². The van der Waals surface area contributed by atoms with E-state index in [-0.39, 0.29) is 11.9 Å². The summed E-state index contributed by atoms with van der Waals surface area (Å²) in [6.45, 7) is 6.76. The molecule has 1 saturated heterocycles. The molecule has 2 N–H and O–H groups in total. The highest BCUT2D eigenvalue weighted by atomic mass is 16.5. The van der Waals surface area contributed by atoms with Gasteiger partial charge >= 0.3 is 0 Å². The van der Waals surface area contributed by atoms with E-state index in [1.165, 1.54) is 4.68 Å². The Morgan fingerprint density at radius 2 is 1.82 bits per heavy atom. The Kier molecular flexibility index (Phi) is 10.8. The minimum absolute atomic E-state index is 0.00493. The quantitative estimate of drug-likeness (QED) is 0.220. The fourth-order valence-electron chi connectivity index (χ4n) is 5.09. The number of aromatic nitrogens is 6. The van der Waals surface area contributed by atoms with Crippen molar-refractivity contribution in [1.82, 2.24) is 34.4 Å². The van der Waals surface area contributed by atoms with E-state index in [9.17, 15) is 4.79 Å². The van der Waals surface area contributed by atoms with Crippen molar-refractivity contribution in [2.75, 3.05) is 70.3 Å². The summed E-state index contributed by atoms with van der Waals surface area (Å²) in [5.41, 5.74) is 7.86. The SMILES string of the molecule is CCCC(C(=O)N1CCN(c2ccc(OCCOCCOC)cc2)CC1)n1ncc2cnc(-c3ccco3)nn(C)c(N)nc21. The van der Waals surface area contributed by atoms with E-state index >= 15 is 0 Å². The maximum atomic E-state index is 14.0. The van der Waals surface area contributed by atoms with Crippen LogP contribution in [0, 0.1) is 0 Å². The van der Waals surface area contributed by atoms with Gasteiger partial charge in [-0.3, -0.25) is 4.79 Å². The Balaban J connectivity index is 1.27. The molecule has 1 aromatic carbocycles. The molecule has 0 bridgehead atoms. The topological polar surface area (TPSA) is 152 Å². The molecule has 0 saturated carbocycles. The number of carbonyl (C=O) groups excluding carboxylic acids is 1. The van der Waals surface area contributed by atoms with Crippen molar-refractivity contribution in [2.45, 2.75) is 25.8 Å². The second-order valence-corrected chi connectivity index (χ2v) is 10.6. The number of nitrogen functional groups attached to an aromatic ring is 1. The number of rotatable bonds is 13. The standard InChI is InChI=1S/C31H41N9O5/c1-4-6-26(40-29-23(22-34-40)21-33-28(27-7-5-16-45-27)36-37(2)31(32)35-29)30(41)39-14-12-38(13-15-39)24-8-10-25(11-9-24)44-20-19-43-18-17-42-3/h5,7-11,16,21-22,26H,4,6,12-15,17-20H2,1-3H3,(H2,32,35). The third kappa shape index (κ3) is 7.88. The molecule has 1 aliphatic heterocycles. The third-order valence-corrected chi connectivity index (χ3v) is 7.52. The molecular weight excluding hydrogens is 578 g/mol. The fourth-order valence-corrected chi connectivity index (χ4v) is 5.09. The number of carbonyl (C=O) groups is 1. The summed E-state index contributed by atoms with van der Waals surface area (Å²) in [6, 6.07) is 11.0. The van der Waals surface area contributed by atoms with E-state index in [2.05, 4.69) is 32.0 Å². The normalized spacial score (nSPS) is 14.0. The molecule has 240 valence electrons. The van der Waals surface area contributed by atoms with Crippen molar-refractivity contribution >= 4 is 28.6 Å². The molecule has 1 amide bonds. The first-order valence-corrected chi connectivity index (χ1v) is 15.1. The predicted octanol–water partition coefficient (Wildman–Crippen LogP) is 3.26. The highest BCUT2D eigenvalue weighted by molar-refractivity contribution is 5.83. The lowest BCUT2D eigenvalue weighted by molar-refractivity contribution is -0.135. The number of ether oxygens (including phenoxy) is 3. The Morgan fingerprint density at radius 3 is 2.53 bits per heavy atom. The largest absolute Gasteiger partial charge is 0.491 e. The maximum Gasteiger partial charge on any atom is 0.247 e. The molecule has 4 heterocycles. The number of aryl methyl sites for hydroxylation is 1. The van der Waals surface area contributed by atoms with Crippen LogP contribution >= 0.6 is 0 Å². The van der Waals surface area contributed by atoms with Crippen LogP contribution in [0.2, 0.25) is 0 Å². The van der Waals surface area contributed by atoms with Gasteiger partial charge in [-0.05, 0) is 42.8 Å². The number of nitrogens with two attached hydrogens (primary N) is 1. The Labute approximate surface area is 262 Å². The van der Waals surface area contributed by atoms with E-state index in [1.54, 1.807) is 49.6 Å². The number of piperazine rings is 1. The van der Waals surface area contributed by atoms with Gasteiger partial charge in [0.15, 0.2) is 11.4 Å². The molecule has 45 heavy (non-hydrogen) atoms. The van der Waals surface area contributed by atoms with Crippen LogP contribution in [0.15, 0.2) is 59.5 Å². The van der Waals surface area contributed by atoms with Gasteiger partial charge in [-0.15, -0.1) is 5.10 Å². The number of anilines is 2. The summed E-state index contributed by atoms with van der Waals surface area (Å²) in [4.78, 5) is 27.3. The number of nitrogens with zero attached hydrogens (tertiary/aromatic N) is 8. The highest BCUT2D eigenvalue weighted by Crippen LogP contribution is 2.25. The molecule has 5 rings (SSSR count). The Bertz CT molecular complexity index is 1580. The molecule has 1 atom stereocenters.